The van der Waals surface area contributed by atoms with Crippen LogP contribution in [0.25, 0.3) is 0 Å². The number of carbonyl (C=O) groups is 1. The summed E-state index contributed by atoms with van der Waals surface area (Å²) in [7, 11) is 0. The van der Waals surface area contributed by atoms with Crippen molar-refractivity contribution in [2.24, 2.45) is 0 Å². The van der Waals surface area contributed by atoms with E-state index in [9.17, 15) is 9.90 Å². The molecule has 0 amide bonds. The number of esters is 1. The van der Waals surface area contributed by atoms with Crippen LogP contribution in [0, 0.1) is 6.92 Å². The fraction of sp³-hybridized carbons (Fsp3) is 0. The number of carbonyl (C=O) groups excluding carboxylic acids is 1. The van der Waals surface area contributed by atoms with E-state index < -0.39 is 5.97 Å². The molecule has 0 aliphatic heterocycles. The van der Waals surface area contributed by atoms with E-state index in [0.29, 0.717) is 5.75 Å². The van der Waals surface area contributed by atoms with Gasteiger partial charge in [-0.1, -0.05) is 30.3 Å². The maximum absolute atomic E-state index is 11.7. The first-order valence-electron chi connectivity index (χ1n) is 5.64. The molecule has 0 radical (unpaired) electrons. The molecular formula is C16H15NaO3. The van der Waals surface area contributed by atoms with Crippen molar-refractivity contribution in [2.75, 3.05) is 0 Å². The SMILES string of the molecule is C=C[CH2-].O=C(Oc1ccccc1)c1ccccc1O.[Na+]. The first-order chi connectivity index (χ1) is 9.19. The van der Waals surface area contributed by atoms with Gasteiger partial charge >= 0.3 is 35.5 Å². The Morgan fingerprint density at radius 2 is 1.60 bits per heavy atom. The van der Waals surface area contributed by atoms with Crippen LogP contribution in [0.4, 0.5) is 0 Å². The molecule has 0 atom stereocenters. The monoisotopic (exact) mass is 278 g/mol. The number of hydrogen-bond acceptors (Lipinski definition) is 3. The Hall–Kier alpha value is -1.68. The summed E-state index contributed by atoms with van der Waals surface area (Å²) >= 11 is 0. The van der Waals surface area contributed by atoms with Gasteiger partial charge in [0, 0.05) is 0 Å². The molecule has 4 heteroatoms. The van der Waals surface area contributed by atoms with Crippen molar-refractivity contribution >= 4 is 5.97 Å². The van der Waals surface area contributed by atoms with E-state index in [-0.39, 0.29) is 40.9 Å². The van der Waals surface area contributed by atoms with E-state index in [2.05, 4.69) is 13.5 Å². The molecule has 1 N–H and O–H groups in total. The summed E-state index contributed by atoms with van der Waals surface area (Å²) in [6.45, 7) is 6.50. The van der Waals surface area contributed by atoms with Gasteiger partial charge in [0.25, 0.3) is 0 Å². The fourth-order valence-electron chi connectivity index (χ4n) is 1.30. The third-order valence-electron chi connectivity index (χ3n) is 2.08. The van der Waals surface area contributed by atoms with E-state index >= 15 is 0 Å². The van der Waals surface area contributed by atoms with Gasteiger partial charge in [-0.05, 0) is 24.3 Å². The number of hydrogen-bond donors (Lipinski definition) is 1. The number of benzene rings is 2. The second-order valence-electron chi connectivity index (χ2n) is 3.51. The van der Waals surface area contributed by atoms with Gasteiger partial charge in [0.15, 0.2) is 0 Å². The molecule has 0 heterocycles. The Balaban J connectivity index is 0.000000830. The summed E-state index contributed by atoms with van der Waals surface area (Å²) in [5, 5.41) is 9.46. The second kappa shape index (κ2) is 10.1. The Bertz CT molecular complexity index is 538. The molecule has 98 valence electrons. The molecule has 2 rings (SSSR count). The van der Waals surface area contributed by atoms with Gasteiger partial charge in [0.2, 0.25) is 0 Å². The first kappa shape index (κ1) is 18.3. The molecule has 0 saturated heterocycles. The van der Waals surface area contributed by atoms with Crippen molar-refractivity contribution in [2.45, 2.75) is 0 Å². The summed E-state index contributed by atoms with van der Waals surface area (Å²) in [4.78, 5) is 11.7. The number of para-hydroxylation sites is 2. The van der Waals surface area contributed by atoms with E-state index in [1.807, 2.05) is 6.07 Å². The normalized spacial score (nSPS) is 8.40. The van der Waals surface area contributed by atoms with Crippen LogP contribution < -0.4 is 34.3 Å². The Kier molecular flexibility index (Phi) is 9.30. The minimum Gasteiger partial charge on any atom is -0.507 e. The largest absolute Gasteiger partial charge is 1.00 e. The van der Waals surface area contributed by atoms with Crippen LogP contribution in [0.15, 0.2) is 67.3 Å². The maximum Gasteiger partial charge on any atom is 1.00 e. The van der Waals surface area contributed by atoms with Crippen molar-refractivity contribution in [1.82, 2.24) is 0 Å². The molecule has 0 fully saturated rings. The smallest absolute Gasteiger partial charge is 0.507 e. The average Bonchev–Trinajstić information content (AvgIpc) is 2.41. The van der Waals surface area contributed by atoms with Crippen molar-refractivity contribution in [3.8, 4) is 11.5 Å². The van der Waals surface area contributed by atoms with E-state index in [1.165, 1.54) is 18.2 Å². The summed E-state index contributed by atoms with van der Waals surface area (Å²) in [5.74, 6) is -0.191. The second-order valence-corrected chi connectivity index (χ2v) is 3.51. The van der Waals surface area contributed by atoms with Gasteiger partial charge in [-0.2, -0.15) is 0 Å². The van der Waals surface area contributed by atoms with Gasteiger partial charge < -0.3 is 9.84 Å². The quantitative estimate of drug-likeness (QED) is 0.379. The zero-order valence-electron chi connectivity index (χ0n) is 11.5. The Labute approximate surface area is 141 Å². The molecule has 0 aliphatic carbocycles. The van der Waals surface area contributed by atoms with Crippen molar-refractivity contribution < 1.29 is 44.2 Å². The van der Waals surface area contributed by atoms with Gasteiger partial charge in [0.05, 0.1) is 0 Å². The molecule has 0 saturated carbocycles. The number of ether oxygens (including phenoxy) is 1. The van der Waals surface area contributed by atoms with Crippen molar-refractivity contribution in [1.29, 1.82) is 0 Å². The summed E-state index contributed by atoms with van der Waals surface area (Å²) in [5.41, 5.74) is 0.159. The Morgan fingerprint density at radius 1 is 1.10 bits per heavy atom. The fourth-order valence-corrected chi connectivity index (χ4v) is 1.30. The van der Waals surface area contributed by atoms with E-state index in [1.54, 1.807) is 36.4 Å². The summed E-state index contributed by atoms with van der Waals surface area (Å²) < 4.78 is 5.08. The topological polar surface area (TPSA) is 46.5 Å². The van der Waals surface area contributed by atoms with Crippen LogP contribution in [-0.4, -0.2) is 11.1 Å². The number of phenolic OH excluding ortho intramolecular Hbond substituents is 1. The van der Waals surface area contributed by atoms with Gasteiger partial charge in [0.1, 0.15) is 17.1 Å². The number of allylic oxidation sites excluding steroid dienone is 1. The summed E-state index contributed by atoms with van der Waals surface area (Å²) in [6.07, 6.45) is 1.50. The predicted molar refractivity (Wildman–Crippen MR) is 75.1 cm³/mol. The molecule has 0 aliphatic rings. The average molecular weight is 278 g/mol. The predicted octanol–water partition coefficient (Wildman–Crippen LogP) is 0.622. The zero-order valence-corrected chi connectivity index (χ0v) is 13.5. The van der Waals surface area contributed by atoms with E-state index in [4.69, 9.17) is 4.74 Å². The van der Waals surface area contributed by atoms with Gasteiger partial charge in [-0.3, -0.25) is 0 Å². The van der Waals surface area contributed by atoms with Crippen molar-refractivity contribution in [3.63, 3.8) is 0 Å². The summed E-state index contributed by atoms with van der Waals surface area (Å²) in [6, 6.07) is 15.0. The molecule has 0 spiro atoms. The molecule has 0 aromatic heterocycles. The van der Waals surface area contributed by atoms with Crippen LogP contribution in [-0.2, 0) is 0 Å². The maximum atomic E-state index is 11.7. The minimum atomic E-state index is -0.565. The minimum absolute atomic E-state index is 0. The van der Waals surface area contributed by atoms with Gasteiger partial charge in [-0.15, -0.1) is 0 Å². The van der Waals surface area contributed by atoms with E-state index in [0.717, 1.165) is 0 Å². The molecular weight excluding hydrogens is 263 g/mol. The number of rotatable bonds is 2. The zero-order chi connectivity index (χ0) is 14.1. The molecule has 2 aromatic rings. The molecule has 20 heavy (non-hydrogen) atoms. The number of phenols is 1. The standard InChI is InChI=1S/C13H10O3.C3H5.Na/c14-12-9-5-4-8-11(12)13(15)16-10-6-2-1-3-7-10;1-3-2;/h1-9,14H;3H,1-2H2;/q;-1;+1. The van der Waals surface area contributed by atoms with Crippen LogP contribution in [0.1, 0.15) is 10.4 Å². The number of aromatic hydroxyl groups is 1. The van der Waals surface area contributed by atoms with Crippen molar-refractivity contribution in [3.05, 3.63) is 79.7 Å². The van der Waals surface area contributed by atoms with Gasteiger partial charge in [-0.25, -0.2) is 24.4 Å². The molecule has 2 aromatic carbocycles. The van der Waals surface area contributed by atoms with Crippen LogP contribution in [0.3, 0.4) is 0 Å². The first-order valence-corrected chi connectivity index (χ1v) is 5.64. The molecule has 0 bridgehead atoms. The third-order valence-corrected chi connectivity index (χ3v) is 2.08. The van der Waals surface area contributed by atoms with Crippen LogP contribution >= 0.6 is 0 Å². The molecule has 3 nitrogen and oxygen atoms in total. The van der Waals surface area contributed by atoms with Crippen LogP contribution in [0.2, 0.25) is 0 Å². The Morgan fingerprint density at radius 3 is 2.15 bits per heavy atom. The third kappa shape index (κ3) is 5.97. The molecule has 0 unspecified atom stereocenters. The van der Waals surface area contributed by atoms with Crippen LogP contribution in [0.5, 0.6) is 11.5 Å².